The van der Waals surface area contributed by atoms with E-state index >= 15 is 0 Å². The quantitative estimate of drug-likeness (QED) is 0.644. The largest absolute Gasteiger partial charge is 0.338 e. The molecule has 27 heavy (non-hydrogen) atoms. The molecule has 2 amide bonds. The van der Waals surface area contributed by atoms with Crippen LogP contribution in [0.5, 0.6) is 0 Å². The SMILES string of the molecule is N#Cc1c(-c2ccc(Cl)cc2)csc1NC(=O)NCCCCN1CCCC1. The molecule has 2 heterocycles. The zero-order valence-corrected chi connectivity index (χ0v) is 16.7. The summed E-state index contributed by atoms with van der Waals surface area (Å²) in [5, 5.41) is 18.3. The fraction of sp³-hybridized carbons (Fsp3) is 0.400. The highest BCUT2D eigenvalue weighted by Gasteiger charge is 2.15. The van der Waals surface area contributed by atoms with E-state index in [0.717, 1.165) is 30.5 Å². The molecule has 0 aliphatic carbocycles. The van der Waals surface area contributed by atoms with Crippen LogP contribution >= 0.6 is 22.9 Å². The van der Waals surface area contributed by atoms with Crippen molar-refractivity contribution in [2.24, 2.45) is 0 Å². The number of anilines is 1. The molecule has 0 unspecified atom stereocenters. The van der Waals surface area contributed by atoms with Crippen molar-refractivity contribution in [1.29, 1.82) is 5.26 Å². The van der Waals surface area contributed by atoms with E-state index in [0.29, 0.717) is 22.1 Å². The number of carbonyl (C=O) groups is 1. The zero-order chi connectivity index (χ0) is 19.1. The number of hydrogen-bond acceptors (Lipinski definition) is 4. The summed E-state index contributed by atoms with van der Waals surface area (Å²) in [6.07, 6.45) is 4.65. The van der Waals surface area contributed by atoms with E-state index in [1.807, 2.05) is 17.5 Å². The molecule has 1 saturated heterocycles. The number of unbranched alkanes of at least 4 members (excludes halogenated alkanes) is 1. The molecule has 2 N–H and O–H groups in total. The van der Waals surface area contributed by atoms with E-state index in [4.69, 9.17) is 11.6 Å². The van der Waals surface area contributed by atoms with Crippen LogP contribution in [0.25, 0.3) is 11.1 Å². The summed E-state index contributed by atoms with van der Waals surface area (Å²) in [5.41, 5.74) is 2.19. The van der Waals surface area contributed by atoms with Crippen molar-refractivity contribution in [3.63, 3.8) is 0 Å². The molecule has 1 aliphatic rings. The average Bonchev–Trinajstić information content (AvgIpc) is 3.32. The Kier molecular flexibility index (Phi) is 7.11. The number of hydrogen-bond donors (Lipinski definition) is 2. The lowest BCUT2D eigenvalue weighted by molar-refractivity contribution is 0.251. The highest BCUT2D eigenvalue weighted by Crippen LogP contribution is 2.35. The van der Waals surface area contributed by atoms with E-state index in [1.165, 1.54) is 37.3 Å². The van der Waals surface area contributed by atoms with Crippen LogP contribution in [0.3, 0.4) is 0 Å². The van der Waals surface area contributed by atoms with Crippen molar-refractivity contribution >= 4 is 34.0 Å². The summed E-state index contributed by atoms with van der Waals surface area (Å²) in [6.45, 7) is 4.16. The molecule has 0 spiro atoms. The third-order valence-electron chi connectivity index (χ3n) is 4.67. The Morgan fingerprint density at radius 1 is 1.22 bits per heavy atom. The molecule has 0 atom stereocenters. The van der Waals surface area contributed by atoms with Gasteiger partial charge >= 0.3 is 6.03 Å². The number of likely N-dealkylation sites (tertiary alicyclic amines) is 1. The highest BCUT2D eigenvalue weighted by molar-refractivity contribution is 7.15. The first-order valence-corrected chi connectivity index (χ1v) is 10.5. The fourth-order valence-corrected chi connectivity index (χ4v) is 4.26. The van der Waals surface area contributed by atoms with E-state index in [1.54, 1.807) is 12.1 Å². The molecule has 142 valence electrons. The second-order valence-electron chi connectivity index (χ2n) is 6.61. The summed E-state index contributed by atoms with van der Waals surface area (Å²) in [6, 6.07) is 9.25. The van der Waals surface area contributed by atoms with Crippen molar-refractivity contribution in [2.45, 2.75) is 25.7 Å². The third kappa shape index (κ3) is 5.46. The van der Waals surface area contributed by atoms with Gasteiger partial charge in [-0.05, 0) is 63.0 Å². The molecule has 5 nitrogen and oxygen atoms in total. The Bertz CT molecular complexity index is 806. The van der Waals surface area contributed by atoms with Gasteiger partial charge in [0.1, 0.15) is 11.1 Å². The van der Waals surface area contributed by atoms with Gasteiger partial charge in [-0.3, -0.25) is 5.32 Å². The van der Waals surface area contributed by atoms with Crippen LogP contribution in [0, 0.1) is 11.3 Å². The number of rotatable bonds is 7. The summed E-state index contributed by atoms with van der Waals surface area (Å²) in [5.74, 6) is 0. The highest BCUT2D eigenvalue weighted by atomic mass is 35.5. The molecule has 1 fully saturated rings. The van der Waals surface area contributed by atoms with Crippen LogP contribution in [0.2, 0.25) is 5.02 Å². The fourth-order valence-electron chi connectivity index (χ4n) is 3.22. The molecule has 3 rings (SSSR count). The first kappa shape index (κ1) is 19.7. The number of amides is 2. The van der Waals surface area contributed by atoms with Crippen LogP contribution in [-0.4, -0.2) is 37.1 Å². The standard InChI is InChI=1S/C20H23ClN4OS/c21-16-7-5-15(6-8-16)18-14-27-19(17(18)13-22)24-20(26)23-9-1-2-10-25-11-3-4-12-25/h5-8,14H,1-4,9-12H2,(H2,23,24,26). The number of nitriles is 1. The van der Waals surface area contributed by atoms with Crippen molar-refractivity contribution in [3.05, 3.63) is 40.2 Å². The Labute approximate surface area is 168 Å². The van der Waals surface area contributed by atoms with Crippen molar-refractivity contribution < 1.29 is 4.79 Å². The lowest BCUT2D eigenvalue weighted by Crippen LogP contribution is -2.30. The van der Waals surface area contributed by atoms with Crippen molar-refractivity contribution in [3.8, 4) is 17.2 Å². The average molecular weight is 403 g/mol. The predicted molar refractivity (Wildman–Crippen MR) is 111 cm³/mol. The van der Waals surface area contributed by atoms with Gasteiger partial charge in [-0.2, -0.15) is 5.26 Å². The first-order chi connectivity index (χ1) is 13.2. The zero-order valence-electron chi connectivity index (χ0n) is 15.1. The maximum absolute atomic E-state index is 12.1. The van der Waals surface area contributed by atoms with Gasteiger partial charge in [0.2, 0.25) is 0 Å². The monoisotopic (exact) mass is 402 g/mol. The second-order valence-corrected chi connectivity index (χ2v) is 7.93. The maximum Gasteiger partial charge on any atom is 0.319 e. The van der Waals surface area contributed by atoms with Crippen molar-refractivity contribution in [1.82, 2.24) is 10.2 Å². The summed E-state index contributed by atoms with van der Waals surface area (Å²) >= 11 is 7.28. The third-order valence-corrected chi connectivity index (χ3v) is 5.82. The van der Waals surface area contributed by atoms with Crippen molar-refractivity contribution in [2.75, 3.05) is 31.5 Å². The van der Waals surface area contributed by atoms with Gasteiger partial charge in [-0.25, -0.2) is 4.79 Å². The number of benzene rings is 1. The Hall–Kier alpha value is -2.07. The molecule has 0 saturated carbocycles. The minimum Gasteiger partial charge on any atom is -0.338 e. The van der Waals surface area contributed by atoms with Gasteiger partial charge in [0.25, 0.3) is 0 Å². The smallest absolute Gasteiger partial charge is 0.319 e. The molecular formula is C20H23ClN4OS. The van der Waals surface area contributed by atoms with E-state index in [2.05, 4.69) is 21.6 Å². The van der Waals surface area contributed by atoms with E-state index < -0.39 is 0 Å². The van der Waals surface area contributed by atoms with Crippen LogP contribution in [0.4, 0.5) is 9.80 Å². The van der Waals surface area contributed by atoms with E-state index in [-0.39, 0.29) is 6.03 Å². The predicted octanol–water partition coefficient (Wildman–Crippen LogP) is 4.94. The molecule has 2 aromatic rings. The molecule has 1 aromatic carbocycles. The van der Waals surface area contributed by atoms with Gasteiger partial charge < -0.3 is 10.2 Å². The summed E-state index contributed by atoms with van der Waals surface area (Å²) < 4.78 is 0. The normalized spacial score (nSPS) is 14.1. The topological polar surface area (TPSA) is 68.2 Å². The molecular weight excluding hydrogens is 380 g/mol. The number of nitrogens with zero attached hydrogens (tertiary/aromatic N) is 2. The van der Waals surface area contributed by atoms with Gasteiger partial charge in [0.05, 0.1) is 5.56 Å². The second kappa shape index (κ2) is 9.75. The van der Waals surface area contributed by atoms with Gasteiger partial charge in [-0.15, -0.1) is 11.3 Å². The van der Waals surface area contributed by atoms with Crippen LogP contribution in [0.1, 0.15) is 31.2 Å². The van der Waals surface area contributed by atoms with Crippen LogP contribution < -0.4 is 10.6 Å². The van der Waals surface area contributed by atoms with Gasteiger partial charge in [0.15, 0.2) is 0 Å². The number of halogens is 1. The minimum absolute atomic E-state index is 0.267. The Morgan fingerprint density at radius 2 is 1.96 bits per heavy atom. The van der Waals surface area contributed by atoms with Crippen LogP contribution in [-0.2, 0) is 0 Å². The van der Waals surface area contributed by atoms with Gasteiger partial charge in [0, 0.05) is 22.5 Å². The van der Waals surface area contributed by atoms with E-state index in [9.17, 15) is 10.1 Å². The molecule has 1 aliphatic heterocycles. The number of carbonyl (C=O) groups excluding carboxylic acids is 1. The first-order valence-electron chi connectivity index (χ1n) is 9.22. The Balaban J connectivity index is 1.49. The lowest BCUT2D eigenvalue weighted by Gasteiger charge is -2.14. The minimum atomic E-state index is -0.267. The summed E-state index contributed by atoms with van der Waals surface area (Å²) in [7, 11) is 0. The summed E-state index contributed by atoms with van der Waals surface area (Å²) in [4.78, 5) is 14.6. The molecule has 0 bridgehead atoms. The lowest BCUT2D eigenvalue weighted by atomic mass is 10.1. The number of urea groups is 1. The number of thiophene rings is 1. The Morgan fingerprint density at radius 3 is 2.67 bits per heavy atom. The maximum atomic E-state index is 12.1. The number of nitrogens with one attached hydrogen (secondary N) is 2. The van der Waals surface area contributed by atoms with Crippen LogP contribution in [0.15, 0.2) is 29.6 Å². The molecule has 7 heteroatoms. The van der Waals surface area contributed by atoms with Gasteiger partial charge in [-0.1, -0.05) is 23.7 Å². The molecule has 0 radical (unpaired) electrons. The molecule has 1 aromatic heterocycles.